The van der Waals surface area contributed by atoms with Crippen LogP contribution in [0.4, 0.5) is 11.4 Å². The van der Waals surface area contributed by atoms with Crippen LogP contribution in [-0.4, -0.2) is 24.6 Å². The minimum atomic E-state index is -0.510. The minimum Gasteiger partial charge on any atom is -0.460 e. The number of benzene rings is 2. The number of rotatable bonds is 8. The summed E-state index contributed by atoms with van der Waals surface area (Å²) in [6.45, 7) is 6.10. The molecule has 7 heteroatoms. The predicted octanol–water partition coefficient (Wildman–Crippen LogP) is 6.83. The third-order valence-corrected chi connectivity index (χ3v) is 6.80. The summed E-state index contributed by atoms with van der Waals surface area (Å²) in [5.41, 5.74) is 1.95. The van der Waals surface area contributed by atoms with Gasteiger partial charge >= 0.3 is 11.9 Å². The van der Waals surface area contributed by atoms with Crippen molar-refractivity contribution in [3.63, 3.8) is 0 Å². The fourth-order valence-corrected chi connectivity index (χ4v) is 4.84. The summed E-state index contributed by atoms with van der Waals surface area (Å²) in [7, 11) is 0. The molecule has 0 heterocycles. The average Bonchev–Trinajstić information content (AvgIpc) is 2.76. The fourth-order valence-electron chi connectivity index (χ4n) is 4.35. The predicted molar refractivity (Wildman–Crippen MR) is 132 cm³/mol. The highest BCUT2D eigenvalue weighted by atomic mass is 35.5. The van der Waals surface area contributed by atoms with E-state index >= 15 is 0 Å². The molecule has 2 aromatic rings. The number of carbonyl (C=O) groups excluding carboxylic acids is 2. The number of halogens is 2. The molecular formula is C26H31Cl2NO4. The summed E-state index contributed by atoms with van der Waals surface area (Å²) >= 11 is 12.5. The van der Waals surface area contributed by atoms with E-state index in [-0.39, 0.29) is 19.1 Å². The molecule has 1 fully saturated rings. The van der Waals surface area contributed by atoms with Crippen molar-refractivity contribution in [1.29, 1.82) is 0 Å². The van der Waals surface area contributed by atoms with Crippen molar-refractivity contribution in [1.82, 2.24) is 0 Å². The highest BCUT2D eigenvalue weighted by molar-refractivity contribution is 6.39. The molecule has 1 N–H and O–H groups in total. The van der Waals surface area contributed by atoms with E-state index < -0.39 is 11.9 Å². The Morgan fingerprint density at radius 3 is 2.42 bits per heavy atom. The molecule has 3 unspecified atom stereocenters. The molecule has 3 rings (SSSR count). The van der Waals surface area contributed by atoms with Crippen molar-refractivity contribution in [3.05, 3.63) is 58.1 Å². The third-order valence-electron chi connectivity index (χ3n) is 6.17. The summed E-state index contributed by atoms with van der Waals surface area (Å²) in [5, 5.41) is 4.13. The number of esters is 2. The van der Waals surface area contributed by atoms with E-state index in [1.165, 1.54) is 0 Å². The largest absolute Gasteiger partial charge is 0.460 e. The van der Waals surface area contributed by atoms with Gasteiger partial charge in [-0.3, -0.25) is 4.79 Å². The maximum Gasteiger partial charge on any atom is 0.344 e. The lowest BCUT2D eigenvalue weighted by molar-refractivity contribution is -0.166. The van der Waals surface area contributed by atoms with Gasteiger partial charge in [0.1, 0.15) is 6.10 Å². The maximum atomic E-state index is 12.5. The van der Waals surface area contributed by atoms with Crippen molar-refractivity contribution in [2.75, 3.05) is 11.9 Å². The number of hydrogen-bond donors (Lipinski definition) is 1. The van der Waals surface area contributed by atoms with Crippen LogP contribution in [-0.2, 0) is 25.5 Å². The summed E-state index contributed by atoms with van der Waals surface area (Å²) in [6, 6.07) is 12.5. The van der Waals surface area contributed by atoms with Crippen LogP contribution >= 0.6 is 23.2 Å². The smallest absolute Gasteiger partial charge is 0.344 e. The molecule has 0 saturated heterocycles. The zero-order valence-electron chi connectivity index (χ0n) is 19.3. The highest BCUT2D eigenvalue weighted by Crippen LogP contribution is 2.36. The first-order chi connectivity index (χ1) is 15.7. The van der Waals surface area contributed by atoms with Gasteiger partial charge in [0.05, 0.1) is 22.2 Å². The third kappa shape index (κ3) is 7.12. The van der Waals surface area contributed by atoms with E-state index in [4.69, 9.17) is 32.7 Å². The van der Waals surface area contributed by atoms with Gasteiger partial charge in [-0.25, -0.2) is 4.79 Å². The molecule has 0 aliphatic heterocycles. The second kappa shape index (κ2) is 11.8. The van der Waals surface area contributed by atoms with Gasteiger partial charge in [0.25, 0.3) is 0 Å². The molecular weight excluding hydrogens is 461 g/mol. The standard InChI is InChI=1S/C26H31Cl2NO4/c1-16(2)19-12-11-17(3)13-23(19)33-25(31)15-32-24(30)14-18-7-4-5-10-22(18)29-26-20(27)8-6-9-21(26)28/h4-10,16-17,19,23,29H,11-15H2,1-3H3. The lowest BCUT2D eigenvalue weighted by Gasteiger charge is -2.36. The Hall–Kier alpha value is -2.24. The van der Waals surface area contributed by atoms with Crippen LogP contribution in [0.1, 0.15) is 45.6 Å². The van der Waals surface area contributed by atoms with Crippen LogP contribution in [0.15, 0.2) is 42.5 Å². The molecule has 2 aromatic carbocycles. The Morgan fingerprint density at radius 2 is 1.73 bits per heavy atom. The van der Waals surface area contributed by atoms with Crippen molar-refractivity contribution >= 4 is 46.5 Å². The SMILES string of the molecule is CC1CCC(C(C)C)C(OC(=O)COC(=O)Cc2ccccc2Nc2c(Cl)cccc2Cl)C1. The van der Waals surface area contributed by atoms with Gasteiger partial charge in [0.2, 0.25) is 0 Å². The van der Waals surface area contributed by atoms with Gasteiger partial charge in [-0.05, 0) is 54.4 Å². The summed E-state index contributed by atoms with van der Waals surface area (Å²) in [5.74, 6) is 0.297. The topological polar surface area (TPSA) is 64.6 Å². The molecule has 1 aliphatic carbocycles. The molecule has 0 aromatic heterocycles. The first kappa shape index (κ1) is 25.4. The van der Waals surface area contributed by atoms with Crippen LogP contribution < -0.4 is 5.32 Å². The van der Waals surface area contributed by atoms with Crippen LogP contribution in [0.3, 0.4) is 0 Å². The Kier molecular flexibility index (Phi) is 9.04. The number of ether oxygens (including phenoxy) is 2. The Labute approximate surface area is 205 Å². The Balaban J connectivity index is 1.56. The van der Waals surface area contributed by atoms with E-state index in [1.807, 2.05) is 24.3 Å². The van der Waals surface area contributed by atoms with Crippen LogP contribution in [0.25, 0.3) is 0 Å². The van der Waals surface area contributed by atoms with Crippen molar-refractivity contribution in [2.24, 2.45) is 17.8 Å². The van der Waals surface area contributed by atoms with Gasteiger partial charge in [-0.15, -0.1) is 0 Å². The molecule has 0 spiro atoms. The summed E-state index contributed by atoms with van der Waals surface area (Å²) in [6.07, 6.45) is 2.93. The van der Waals surface area contributed by atoms with Crippen molar-refractivity contribution in [3.8, 4) is 0 Å². The van der Waals surface area contributed by atoms with Gasteiger partial charge in [-0.2, -0.15) is 0 Å². The number of nitrogens with one attached hydrogen (secondary N) is 1. The molecule has 178 valence electrons. The van der Waals surface area contributed by atoms with E-state index in [1.54, 1.807) is 18.2 Å². The van der Waals surface area contributed by atoms with E-state index in [9.17, 15) is 9.59 Å². The normalized spacial score (nSPS) is 20.4. The van der Waals surface area contributed by atoms with Crippen molar-refractivity contribution < 1.29 is 19.1 Å². The van der Waals surface area contributed by atoms with Gasteiger partial charge < -0.3 is 14.8 Å². The average molecular weight is 492 g/mol. The monoisotopic (exact) mass is 491 g/mol. The first-order valence-electron chi connectivity index (χ1n) is 11.4. The number of hydrogen-bond acceptors (Lipinski definition) is 5. The molecule has 5 nitrogen and oxygen atoms in total. The molecule has 3 atom stereocenters. The molecule has 1 aliphatic rings. The second-order valence-corrected chi connectivity index (χ2v) is 9.89. The Morgan fingerprint density at radius 1 is 1.03 bits per heavy atom. The van der Waals surface area contributed by atoms with E-state index in [2.05, 4.69) is 26.1 Å². The number of para-hydroxylation sites is 2. The fraction of sp³-hybridized carbons (Fsp3) is 0.462. The quantitative estimate of drug-likeness (QED) is 0.410. The zero-order valence-corrected chi connectivity index (χ0v) is 20.8. The summed E-state index contributed by atoms with van der Waals surface area (Å²) in [4.78, 5) is 24.8. The van der Waals surface area contributed by atoms with Gasteiger partial charge in [-0.1, -0.05) is 74.7 Å². The molecule has 0 amide bonds. The lowest BCUT2D eigenvalue weighted by Crippen LogP contribution is -2.36. The van der Waals surface area contributed by atoms with Gasteiger partial charge in [0.15, 0.2) is 6.61 Å². The first-order valence-corrected chi connectivity index (χ1v) is 12.1. The number of anilines is 2. The lowest BCUT2D eigenvalue weighted by atomic mass is 9.75. The van der Waals surface area contributed by atoms with Crippen LogP contribution in [0, 0.1) is 17.8 Å². The van der Waals surface area contributed by atoms with Gasteiger partial charge in [0, 0.05) is 5.69 Å². The molecule has 33 heavy (non-hydrogen) atoms. The Bertz CT molecular complexity index is 958. The van der Waals surface area contributed by atoms with Crippen LogP contribution in [0.2, 0.25) is 10.0 Å². The molecule has 0 radical (unpaired) electrons. The van der Waals surface area contributed by atoms with Crippen LogP contribution in [0.5, 0.6) is 0 Å². The van der Waals surface area contributed by atoms with E-state index in [0.717, 1.165) is 19.3 Å². The summed E-state index contributed by atoms with van der Waals surface area (Å²) < 4.78 is 10.9. The zero-order chi connectivity index (χ0) is 24.0. The minimum absolute atomic E-state index is 0.00634. The number of carbonyl (C=O) groups is 2. The van der Waals surface area contributed by atoms with E-state index in [0.29, 0.717) is 44.7 Å². The second-order valence-electron chi connectivity index (χ2n) is 9.07. The van der Waals surface area contributed by atoms with Crippen molar-refractivity contribution in [2.45, 2.75) is 52.6 Å². The maximum absolute atomic E-state index is 12.5. The molecule has 1 saturated carbocycles. The molecule has 0 bridgehead atoms. The highest BCUT2D eigenvalue weighted by Gasteiger charge is 2.33.